The Balaban J connectivity index is 2.02. The molecule has 18 heavy (non-hydrogen) atoms. The molecular formula is C11H15ClN2O3S. The third kappa shape index (κ3) is 3.20. The van der Waals surface area contributed by atoms with Gasteiger partial charge >= 0.3 is 0 Å². The summed E-state index contributed by atoms with van der Waals surface area (Å²) in [7, 11) is -3.62. The van der Waals surface area contributed by atoms with Gasteiger partial charge < -0.3 is 5.11 Å². The van der Waals surface area contributed by atoms with Gasteiger partial charge in [-0.2, -0.15) is 0 Å². The van der Waals surface area contributed by atoms with Crippen LogP contribution in [0.4, 0.5) is 0 Å². The largest absolute Gasteiger partial charge is 0.393 e. The number of rotatable bonds is 4. The first kappa shape index (κ1) is 13.7. The van der Waals surface area contributed by atoms with Gasteiger partial charge in [0, 0.05) is 12.7 Å². The molecule has 0 aliphatic heterocycles. The number of hydrogen-bond acceptors (Lipinski definition) is 4. The fourth-order valence-electron chi connectivity index (χ4n) is 2.11. The average Bonchev–Trinajstić information content (AvgIpc) is 2.73. The smallest absolute Gasteiger partial charge is 0.243 e. The summed E-state index contributed by atoms with van der Waals surface area (Å²) in [4.78, 5) is 3.73. The van der Waals surface area contributed by atoms with Crippen molar-refractivity contribution in [3.63, 3.8) is 0 Å². The Bertz CT molecular complexity index is 521. The molecule has 100 valence electrons. The Morgan fingerprint density at radius 2 is 2.28 bits per heavy atom. The van der Waals surface area contributed by atoms with Gasteiger partial charge in [0.15, 0.2) is 0 Å². The zero-order valence-electron chi connectivity index (χ0n) is 9.71. The van der Waals surface area contributed by atoms with Crippen molar-refractivity contribution >= 4 is 21.6 Å². The maximum absolute atomic E-state index is 12.0. The van der Waals surface area contributed by atoms with Crippen molar-refractivity contribution in [2.45, 2.75) is 30.3 Å². The summed E-state index contributed by atoms with van der Waals surface area (Å²) in [5.74, 6) is 0.185. The van der Waals surface area contributed by atoms with Gasteiger partial charge in [-0.1, -0.05) is 11.6 Å². The molecule has 2 rings (SSSR count). The van der Waals surface area contributed by atoms with E-state index in [1.165, 1.54) is 18.3 Å². The van der Waals surface area contributed by atoms with E-state index in [0.717, 1.165) is 12.8 Å². The first-order chi connectivity index (χ1) is 8.49. The van der Waals surface area contributed by atoms with Crippen LogP contribution in [0.25, 0.3) is 0 Å². The number of nitrogens with one attached hydrogen (secondary N) is 1. The predicted octanol–water partition coefficient (Wildman–Crippen LogP) is 1.17. The minimum absolute atomic E-state index is 0.00906. The Morgan fingerprint density at radius 1 is 1.50 bits per heavy atom. The Labute approximate surface area is 111 Å². The number of aromatic nitrogens is 1. The molecule has 2 atom stereocenters. The second kappa shape index (κ2) is 5.52. The van der Waals surface area contributed by atoms with Gasteiger partial charge in [-0.25, -0.2) is 18.1 Å². The fraction of sp³-hybridized carbons (Fsp3) is 0.545. The average molecular weight is 291 g/mol. The van der Waals surface area contributed by atoms with Crippen molar-refractivity contribution in [3.8, 4) is 0 Å². The van der Waals surface area contributed by atoms with Crippen LogP contribution in [0.5, 0.6) is 0 Å². The molecule has 1 aromatic heterocycles. The fourth-order valence-corrected chi connectivity index (χ4v) is 3.68. The Morgan fingerprint density at radius 3 is 2.89 bits per heavy atom. The van der Waals surface area contributed by atoms with Crippen molar-refractivity contribution in [1.82, 2.24) is 9.71 Å². The number of nitrogens with zero attached hydrogens (tertiary/aromatic N) is 1. The van der Waals surface area contributed by atoms with Gasteiger partial charge in [-0.05, 0) is 37.3 Å². The molecule has 1 saturated carbocycles. The van der Waals surface area contributed by atoms with E-state index in [9.17, 15) is 13.5 Å². The van der Waals surface area contributed by atoms with Crippen LogP contribution >= 0.6 is 11.6 Å². The molecule has 0 saturated heterocycles. The lowest BCUT2D eigenvalue weighted by Crippen LogP contribution is -2.29. The van der Waals surface area contributed by atoms with E-state index < -0.39 is 10.0 Å². The SMILES string of the molecule is O=S(=O)(NCC1CCC(O)C1)c1cccnc1Cl. The van der Waals surface area contributed by atoms with Gasteiger partial charge in [0.1, 0.15) is 10.0 Å². The highest BCUT2D eigenvalue weighted by molar-refractivity contribution is 7.89. The highest BCUT2D eigenvalue weighted by Crippen LogP contribution is 2.25. The molecule has 0 amide bonds. The lowest BCUT2D eigenvalue weighted by atomic mass is 10.1. The highest BCUT2D eigenvalue weighted by atomic mass is 35.5. The number of pyridine rings is 1. The van der Waals surface area contributed by atoms with Crippen LogP contribution in [-0.4, -0.2) is 31.2 Å². The third-order valence-electron chi connectivity index (χ3n) is 3.09. The molecule has 7 heteroatoms. The van der Waals surface area contributed by atoms with Crippen molar-refractivity contribution in [2.24, 2.45) is 5.92 Å². The number of aliphatic hydroxyl groups is 1. The van der Waals surface area contributed by atoms with Gasteiger partial charge in [0.25, 0.3) is 0 Å². The molecule has 5 nitrogen and oxygen atoms in total. The summed E-state index contributed by atoms with van der Waals surface area (Å²) in [6.07, 6.45) is 3.35. The predicted molar refractivity (Wildman–Crippen MR) is 67.8 cm³/mol. The summed E-state index contributed by atoms with van der Waals surface area (Å²) in [6, 6.07) is 2.95. The van der Waals surface area contributed by atoms with Crippen LogP contribution in [0.3, 0.4) is 0 Å². The normalized spacial score (nSPS) is 24.3. The van der Waals surface area contributed by atoms with Crippen molar-refractivity contribution in [1.29, 1.82) is 0 Å². The molecular weight excluding hydrogens is 276 g/mol. The zero-order valence-corrected chi connectivity index (χ0v) is 11.3. The Hall–Kier alpha value is -0.690. The van der Waals surface area contributed by atoms with E-state index in [2.05, 4.69) is 9.71 Å². The summed E-state index contributed by atoms with van der Waals surface area (Å²) in [5, 5.41) is 9.35. The van der Waals surface area contributed by atoms with Crippen molar-refractivity contribution in [3.05, 3.63) is 23.5 Å². The minimum atomic E-state index is -3.62. The minimum Gasteiger partial charge on any atom is -0.393 e. The number of hydrogen-bond donors (Lipinski definition) is 2. The van der Waals surface area contributed by atoms with E-state index in [1.54, 1.807) is 0 Å². The quantitative estimate of drug-likeness (QED) is 0.816. The summed E-state index contributed by atoms with van der Waals surface area (Å²) >= 11 is 5.76. The molecule has 1 fully saturated rings. The van der Waals surface area contributed by atoms with Crippen molar-refractivity contribution < 1.29 is 13.5 Å². The van der Waals surface area contributed by atoms with E-state index in [-0.39, 0.29) is 22.1 Å². The molecule has 0 bridgehead atoms. The van der Waals surface area contributed by atoms with Gasteiger partial charge in [0.2, 0.25) is 10.0 Å². The first-order valence-corrected chi connectivity index (χ1v) is 7.63. The van der Waals surface area contributed by atoms with Gasteiger partial charge in [0.05, 0.1) is 6.10 Å². The summed E-state index contributed by atoms with van der Waals surface area (Å²) in [5.41, 5.74) is 0. The summed E-state index contributed by atoms with van der Waals surface area (Å²) in [6.45, 7) is 0.324. The van der Waals surface area contributed by atoms with Gasteiger partial charge in [-0.3, -0.25) is 0 Å². The number of aliphatic hydroxyl groups excluding tert-OH is 1. The topological polar surface area (TPSA) is 79.3 Å². The number of sulfonamides is 1. The highest BCUT2D eigenvalue weighted by Gasteiger charge is 2.25. The monoisotopic (exact) mass is 290 g/mol. The summed E-state index contributed by atoms with van der Waals surface area (Å²) < 4.78 is 26.5. The molecule has 1 aliphatic carbocycles. The van der Waals surface area contributed by atoms with Crippen LogP contribution in [0.1, 0.15) is 19.3 Å². The van der Waals surface area contributed by atoms with Crippen LogP contribution < -0.4 is 4.72 Å². The van der Waals surface area contributed by atoms with E-state index in [0.29, 0.717) is 13.0 Å². The molecule has 0 spiro atoms. The molecule has 0 aromatic carbocycles. The van der Waals surface area contributed by atoms with E-state index in [1.807, 2.05) is 0 Å². The van der Waals surface area contributed by atoms with E-state index in [4.69, 9.17) is 11.6 Å². The Kier molecular flexibility index (Phi) is 4.21. The molecule has 0 radical (unpaired) electrons. The lowest BCUT2D eigenvalue weighted by Gasteiger charge is -2.11. The third-order valence-corrected chi connectivity index (χ3v) is 4.96. The standard InChI is InChI=1S/C11H15ClN2O3S/c12-11-10(2-1-5-13-11)18(16,17)14-7-8-3-4-9(15)6-8/h1-2,5,8-9,14-15H,3-4,6-7H2. The van der Waals surface area contributed by atoms with Gasteiger partial charge in [-0.15, -0.1) is 0 Å². The number of halogens is 1. The second-order valence-electron chi connectivity index (χ2n) is 4.48. The first-order valence-electron chi connectivity index (χ1n) is 5.77. The van der Waals surface area contributed by atoms with Crippen LogP contribution in [-0.2, 0) is 10.0 Å². The van der Waals surface area contributed by atoms with E-state index >= 15 is 0 Å². The molecule has 1 heterocycles. The molecule has 2 N–H and O–H groups in total. The molecule has 2 unspecified atom stereocenters. The lowest BCUT2D eigenvalue weighted by molar-refractivity contribution is 0.178. The van der Waals surface area contributed by atoms with Crippen LogP contribution in [0.15, 0.2) is 23.2 Å². The van der Waals surface area contributed by atoms with Crippen LogP contribution in [0.2, 0.25) is 5.15 Å². The maximum atomic E-state index is 12.0. The molecule has 1 aromatic rings. The van der Waals surface area contributed by atoms with Crippen LogP contribution in [0, 0.1) is 5.92 Å². The second-order valence-corrected chi connectivity index (χ2v) is 6.57. The zero-order chi connectivity index (χ0) is 13.2. The van der Waals surface area contributed by atoms with Crippen molar-refractivity contribution in [2.75, 3.05) is 6.54 Å². The maximum Gasteiger partial charge on any atom is 0.243 e. The molecule has 1 aliphatic rings.